The van der Waals surface area contributed by atoms with Gasteiger partial charge in [0.2, 0.25) is 5.91 Å². The highest BCUT2D eigenvalue weighted by molar-refractivity contribution is 8.00. The zero-order chi connectivity index (χ0) is 22.0. The van der Waals surface area contributed by atoms with E-state index in [9.17, 15) is 9.59 Å². The number of nitrogens with one attached hydrogen (secondary N) is 1. The highest BCUT2D eigenvalue weighted by atomic mass is 32.2. The summed E-state index contributed by atoms with van der Waals surface area (Å²) < 4.78 is 1.76. The Morgan fingerprint density at radius 3 is 2.55 bits per heavy atom. The van der Waals surface area contributed by atoms with Gasteiger partial charge in [0.1, 0.15) is 5.03 Å². The summed E-state index contributed by atoms with van der Waals surface area (Å²) in [6, 6.07) is 7.95. The lowest BCUT2D eigenvalue weighted by Gasteiger charge is -2.15. The molecule has 160 valence electrons. The number of aromatic nitrogens is 3. The average Bonchev–Trinajstić information content (AvgIpc) is 3.22. The Balaban J connectivity index is 1.51. The Morgan fingerprint density at radius 2 is 1.84 bits per heavy atom. The van der Waals surface area contributed by atoms with Gasteiger partial charge in [-0.1, -0.05) is 29.5 Å². The minimum Gasteiger partial charge on any atom is -0.325 e. The molecule has 0 unspecified atom stereocenters. The number of carbonyl (C=O) groups excluding carboxylic acids is 1. The van der Waals surface area contributed by atoms with Gasteiger partial charge in [0, 0.05) is 29.3 Å². The third kappa shape index (κ3) is 4.71. The molecule has 31 heavy (non-hydrogen) atoms. The van der Waals surface area contributed by atoms with Crippen LogP contribution in [-0.2, 0) is 24.2 Å². The summed E-state index contributed by atoms with van der Waals surface area (Å²) in [4.78, 5) is 33.8. The molecule has 1 aromatic carbocycles. The van der Waals surface area contributed by atoms with Crippen molar-refractivity contribution >= 4 is 23.4 Å². The molecule has 1 aliphatic rings. The quantitative estimate of drug-likeness (QED) is 0.471. The standard InChI is InChI=1S/C24H26N4O2S/c1-15-11-16(2)22(17(3)12-15)26-21(29)14-31-23-19-5-4-6-20(19)28(24(30)27-23)13-18-7-9-25-10-8-18/h7-12H,4-6,13-14H2,1-3H3,(H,26,29). The van der Waals surface area contributed by atoms with E-state index < -0.39 is 0 Å². The lowest BCUT2D eigenvalue weighted by atomic mass is 10.1. The fraction of sp³-hybridized carbons (Fsp3) is 0.333. The molecule has 1 amide bonds. The number of nitrogens with zero attached hydrogens (tertiary/aromatic N) is 3. The number of thioether (sulfide) groups is 1. The van der Waals surface area contributed by atoms with Crippen LogP contribution >= 0.6 is 11.8 Å². The van der Waals surface area contributed by atoms with Gasteiger partial charge in [0.05, 0.1) is 12.3 Å². The maximum Gasteiger partial charge on any atom is 0.349 e. The molecule has 0 aliphatic heterocycles. The second kappa shape index (κ2) is 9.06. The fourth-order valence-corrected chi connectivity index (χ4v) is 5.10. The molecule has 0 radical (unpaired) electrons. The summed E-state index contributed by atoms with van der Waals surface area (Å²) >= 11 is 1.35. The SMILES string of the molecule is Cc1cc(C)c(NC(=O)CSc2nc(=O)n(Cc3ccncc3)c3c2CCC3)c(C)c1. The fourth-order valence-electron chi connectivity index (χ4n) is 4.23. The number of anilines is 1. The van der Waals surface area contributed by atoms with Crippen molar-refractivity contribution in [1.82, 2.24) is 14.5 Å². The molecule has 0 spiro atoms. The van der Waals surface area contributed by atoms with Crippen LogP contribution in [-0.4, -0.2) is 26.2 Å². The molecule has 2 heterocycles. The van der Waals surface area contributed by atoms with E-state index in [1.54, 1.807) is 17.0 Å². The summed E-state index contributed by atoms with van der Waals surface area (Å²) in [6.07, 6.45) is 6.21. The molecule has 1 aliphatic carbocycles. The van der Waals surface area contributed by atoms with Crippen molar-refractivity contribution in [2.45, 2.75) is 51.6 Å². The van der Waals surface area contributed by atoms with Crippen molar-refractivity contribution in [3.63, 3.8) is 0 Å². The normalized spacial score (nSPS) is 12.6. The third-order valence-electron chi connectivity index (χ3n) is 5.57. The van der Waals surface area contributed by atoms with E-state index >= 15 is 0 Å². The Bertz CT molecular complexity index is 1170. The minimum atomic E-state index is -0.259. The summed E-state index contributed by atoms with van der Waals surface area (Å²) in [6.45, 7) is 6.54. The predicted octanol–water partition coefficient (Wildman–Crippen LogP) is 3.83. The van der Waals surface area contributed by atoms with Gasteiger partial charge in [0.25, 0.3) is 0 Å². The number of benzene rings is 1. The molecular formula is C24H26N4O2S. The number of pyridine rings is 1. The number of amides is 1. The van der Waals surface area contributed by atoms with Crippen LogP contribution in [0.5, 0.6) is 0 Å². The molecule has 6 nitrogen and oxygen atoms in total. The first-order valence-corrected chi connectivity index (χ1v) is 11.4. The van der Waals surface area contributed by atoms with Crippen LogP contribution in [0.25, 0.3) is 0 Å². The van der Waals surface area contributed by atoms with Gasteiger partial charge >= 0.3 is 5.69 Å². The van der Waals surface area contributed by atoms with Crippen LogP contribution < -0.4 is 11.0 Å². The van der Waals surface area contributed by atoms with Crippen LogP contribution in [0.4, 0.5) is 5.69 Å². The van der Waals surface area contributed by atoms with Crippen LogP contribution in [0, 0.1) is 20.8 Å². The maximum atomic E-state index is 12.8. The van der Waals surface area contributed by atoms with Gasteiger partial charge in [-0.3, -0.25) is 14.3 Å². The highest BCUT2D eigenvalue weighted by Crippen LogP contribution is 2.30. The van der Waals surface area contributed by atoms with Crippen molar-refractivity contribution in [3.05, 3.63) is 80.7 Å². The Hall–Kier alpha value is -2.93. The molecule has 0 saturated carbocycles. The van der Waals surface area contributed by atoms with Crippen molar-refractivity contribution in [3.8, 4) is 0 Å². The molecule has 3 aromatic rings. The van der Waals surface area contributed by atoms with Crippen LogP contribution in [0.1, 0.15) is 39.9 Å². The van der Waals surface area contributed by atoms with Gasteiger partial charge in [0.15, 0.2) is 0 Å². The van der Waals surface area contributed by atoms with Gasteiger partial charge in [-0.15, -0.1) is 0 Å². The number of hydrogen-bond donors (Lipinski definition) is 1. The van der Waals surface area contributed by atoms with E-state index in [-0.39, 0.29) is 17.3 Å². The summed E-state index contributed by atoms with van der Waals surface area (Å²) in [5.74, 6) is 0.134. The highest BCUT2D eigenvalue weighted by Gasteiger charge is 2.22. The summed E-state index contributed by atoms with van der Waals surface area (Å²) in [7, 11) is 0. The van der Waals surface area contributed by atoms with Gasteiger partial charge < -0.3 is 5.32 Å². The molecule has 4 rings (SSSR count). The van der Waals surface area contributed by atoms with Crippen molar-refractivity contribution in [2.75, 3.05) is 11.1 Å². The first-order chi connectivity index (χ1) is 14.9. The van der Waals surface area contributed by atoms with Crippen molar-refractivity contribution in [1.29, 1.82) is 0 Å². The second-order valence-electron chi connectivity index (χ2n) is 8.03. The summed E-state index contributed by atoms with van der Waals surface area (Å²) in [5.41, 5.74) is 7.06. The molecule has 1 N–H and O–H groups in total. The van der Waals surface area contributed by atoms with Gasteiger partial charge in [-0.25, -0.2) is 4.79 Å². The van der Waals surface area contributed by atoms with Gasteiger partial charge in [-0.05, 0) is 68.9 Å². The van der Waals surface area contributed by atoms with Crippen LogP contribution in [0.2, 0.25) is 0 Å². The first-order valence-electron chi connectivity index (χ1n) is 10.4. The number of fused-ring (bicyclic) bond motifs is 1. The van der Waals surface area contributed by atoms with E-state index in [0.29, 0.717) is 11.6 Å². The topological polar surface area (TPSA) is 76.9 Å². The van der Waals surface area contributed by atoms with Crippen molar-refractivity contribution < 1.29 is 4.79 Å². The van der Waals surface area contributed by atoms with E-state index in [4.69, 9.17) is 0 Å². The molecule has 7 heteroatoms. The minimum absolute atomic E-state index is 0.0884. The lowest BCUT2D eigenvalue weighted by Crippen LogP contribution is -2.28. The molecular weight excluding hydrogens is 408 g/mol. The summed E-state index contributed by atoms with van der Waals surface area (Å²) in [5, 5.41) is 3.72. The third-order valence-corrected chi connectivity index (χ3v) is 6.59. The molecule has 0 atom stereocenters. The number of aryl methyl sites for hydroxylation is 3. The van der Waals surface area contributed by atoms with Crippen LogP contribution in [0.15, 0.2) is 46.5 Å². The van der Waals surface area contributed by atoms with E-state index in [0.717, 1.165) is 52.9 Å². The number of rotatable bonds is 6. The Labute approximate surface area is 186 Å². The Kier molecular flexibility index (Phi) is 6.23. The zero-order valence-electron chi connectivity index (χ0n) is 18.1. The van der Waals surface area contributed by atoms with Gasteiger partial charge in [-0.2, -0.15) is 4.98 Å². The van der Waals surface area contributed by atoms with E-state index in [1.165, 1.54) is 17.3 Å². The smallest absolute Gasteiger partial charge is 0.325 e. The lowest BCUT2D eigenvalue weighted by molar-refractivity contribution is -0.113. The van der Waals surface area contributed by atoms with Crippen molar-refractivity contribution in [2.24, 2.45) is 0 Å². The first kappa shape index (κ1) is 21.3. The maximum absolute atomic E-state index is 12.8. The van der Waals surface area contributed by atoms with E-state index in [2.05, 4.69) is 27.4 Å². The van der Waals surface area contributed by atoms with E-state index in [1.807, 2.05) is 32.9 Å². The second-order valence-corrected chi connectivity index (χ2v) is 8.99. The number of carbonyl (C=O) groups is 1. The largest absolute Gasteiger partial charge is 0.349 e. The van der Waals surface area contributed by atoms with Crippen LogP contribution in [0.3, 0.4) is 0 Å². The molecule has 0 fully saturated rings. The molecule has 0 saturated heterocycles. The molecule has 2 aromatic heterocycles. The zero-order valence-corrected chi connectivity index (χ0v) is 18.9. The Morgan fingerprint density at radius 1 is 1.13 bits per heavy atom. The number of hydrogen-bond acceptors (Lipinski definition) is 5. The average molecular weight is 435 g/mol. The monoisotopic (exact) mass is 434 g/mol. The molecule has 0 bridgehead atoms. The predicted molar refractivity (Wildman–Crippen MR) is 124 cm³/mol.